The van der Waals surface area contributed by atoms with E-state index in [0.717, 1.165) is 23.8 Å². The van der Waals surface area contributed by atoms with Crippen LogP contribution in [0.25, 0.3) is 5.65 Å². The Kier molecular flexibility index (Phi) is 1.59. The van der Waals surface area contributed by atoms with Gasteiger partial charge in [-0.2, -0.15) is 5.10 Å². The Bertz CT molecular complexity index is 558. The van der Waals surface area contributed by atoms with E-state index >= 15 is 0 Å². The highest BCUT2D eigenvalue weighted by Gasteiger charge is 2.43. The monoisotopic (exact) mass is 234 g/mol. The molecule has 82 valence electrons. The second kappa shape index (κ2) is 2.88. The minimum atomic E-state index is 0.532. The first-order valence-electron chi connectivity index (χ1n) is 5.58. The van der Waals surface area contributed by atoms with Crippen molar-refractivity contribution in [3.63, 3.8) is 0 Å². The van der Waals surface area contributed by atoms with Crippen LogP contribution in [0.2, 0.25) is 5.15 Å². The van der Waals surface area contributed by atoms with E-state index in [4.69, 9.17) is 11.6 Å². The third kappa shape index (κ3) is 1.05. The number of anilines is 1. The molecule has 0 aromatic carbocycles. The first-order valence-corrected chi connectivity index (χ1v) is 5.95. The standard InChI is InChI=1S/C11H11ClN4/c12-10-5-9(11-13-1-2-16(11)14-10)15-6-7-3-8(15)4-7/h1-2,5,7-8H,3-4,6H2. The Hall–Kier alpha value is -1.29. The number of hydrogen-bond acceptors (Lipinski definition) is 3. The highest BCUT2D eigenvalue weighted by Crippen LogP contribution is 2.44. The van der Waals surface area contributed by atoms with Gasteiger partial charge in [0.05, 0.1) is 5.69 Å². The van der Waals surface area contributed by atoms with Gasteiger partial charge in [0.1, 0.15) is 0 Å². The summed E-state index contributed by atoms with van der Waals surface area (Å²) in [5.74, 6) is 0.881. The van der Waals surface area contributed by atoms with Crippen molar-refractivity contribution in [3.05, 3.63) is 23.6 Å². The van der Waals surface area contributed by atoms with Crippen LogP contribution in [-0.4, -0.2) is 27.2 Å². The molecule has 4 heterocycles. The summed E-state index contributed by atoms with van der Waals surface area (Å²) in [7, 11) is 0. The Balaban J connectivity index is 1.92. The maximum atomic E-state index is 6.03. The van der Waals surface area contributed by atoms with E-state index in [1.807, 2.05) is 12.3 Å². The van der Waals surface area contributed by atoms with E-state index < -0.39 is 0 Å². The van der Waals surface area contributed by atoms with Crippen molar-refractivity contribution in [1.82, 2.24) is 14.6 Å². The Morgan fingerprint density at radius 1 is 1.38 bits per heavy atom. The van der Waals surface area contributed by atoms with E-state index in [9.17, 15) is 0 Å². The highest BCUT2D eigenvalue weighted by molar-refractivity contribution is 6.29. The number of halogens is 1. The summed E-state index contributed by atoms with van der Waals surface area (Å²) in [6, 6.07) is 2.63. The summed E-state index contributed by atoms with van der Waals surface area (Å²) in [5.41, 5.74) is 2.05. The van der Waals surface area contributed by atoms with Crippen LogP contribution in [0, 0.1) is 5.92 Å². The molecule has 3 aliphatic rings. The molecule has 5 rings (SSSR count). The lowest BCUT2D eigenvalue weighted by atomic mass is 9.86. The van der Waals surface area contributed by atoms with Crippen molar-refractivity contribution >= 4 is 22.9 Å². The number of imidazole rings is 1. The minimum Gasteiger partial charge on any atom is -0.365 e. The summed E-state index contributed by atoms with van der Waals surface area (Å²) < 4.78 is 1.76. The maximum Gasteiger partial charge on any atom is 0.177 e. The fraction of sp³-hybridized carbons (Fsp3) is 0.455. The van der Waals surface area contributed by atoms with Gasteiger partial charge < -0.3 is 4.90 Å². The van der Waals surface area contributed by atoms with Crippen LogP contribution >= 0.6 is 11.6 Å². The van der Waals surface area contributed by atoms with Crippen molar-refractivity contribution in [2.75, 3.05) is 11.4 Å². The van der Waals surface area contributed by atoms with Crippen LogP contribution in [0.1, 0.15) is 12.8 Å². The lowest BCUT2D eigenvalue weighted by Crippen LogP contribution is -2.29. The van der Waals surface area contributed by atoms with Crippen LogP contribution in [0.15, 0.2) is 18.5 Å². The van der Waals surface area contributed by atoms with Crippen LogP contribution in [0.3, 0.4) is 0 Å². The zero-order valence-corrected chi connectivity index (χ0v) is 9.43. The molecule has 2 saturated heterocycles. The number of fused-ring (bicyclic) bond motifs is 2. The Morgan fingerprint density at radius 2 is 2.25 bits per heavy atom. The van der Waals surface area contributed by atoms with Gasteiger partial charge in [0.2, 0.25) is 0 Å². The van der Waals surface area contributed by atoms with Crippen molar-refractivity contribution in [1.29, 1.82) is 0 Å². The van der Waals surface area contributed by atoms with Gasteiger partial charge in [-0.3, -0.25) is 0 Å². The van der Waals surface area contributed by atoms with Crippen molar-refractivity contribution < 1.29 is 0 Å². The van der Waals surface area contributed by atoms with E-state index in [0.29, 0.717) is 11.2 Å². The van der Waals surface area contributed by atoms with Gasteiger partial charge in [-0.05, 0) is 18.8 Å². The quantitative estimate of drug-likeness (QED) is 0.757. The smallest absolute Gasteiger partial charge is 0.177 e. The third-order valence-corrected chi connectivity index (χ3v) is 3.91. The molecule has 3 fully saturated rings. The van der Waals surface area contributed by atoms with Crippen LogP contribution in [-0.2, 0) is 0 Å². The number of aromatic nitrogens is 3. The molecule has 16 heavy (non-hydrogen) atoms. The second-order valence-electron chi connectivity index (χ2n) is 4.69. The molecule has 1 saturated carbocycles. The van der Waals surface area contributed by atoms with E-state index in [2.05, 4.69) is 15.0 Å². The predicted molar refractivity (Wildman–Crippen MR) is 61.9 cm³/mol. The maximum absolute atomic E-state index is 6.03. The zero-order chi connectivity index (χ0) is 10.7. The van der Waals surface area contributed by atoms with Gasteiger partial charge in [-0.1, -0.05) is 11.6 Å². The summed E-state index contributed by atoms with van der Waals surface area (Å²) in [5, 5.41) is 4.73. The van der Waals surface area contributed by atoms with Gasteiger partial charge in [-0.15, -0.1) is 0 Å². The normalized spacial score (nSPS) is 27.4. The molecule has 2 bridgehead atoms. The molecule has 0 unspecified atom stereocenters. The molecule has 0 atom stereocenters. The molecule has 2 aliphatic heterocycles. The van der Waals surface area contributed by atoms with Crippen molar-refractivity contribution in [2.45, 2.75) is 18.9 Å². The average molecular weight is 235 g/mol. The molecule has 1 aliphatic carbocycles. The molecular formula is C11H11ClN4. The van der Waals surface area contributed by atoms with Crippen LogP contribution in [0.4, 0.5) is 5.69 Å². The van der Waals surface area contributed by atoms with Crippen LogP contribution in [0.5, 0.6) is 0 Å². The Labute approximate surface area is 97.8 Å². The molecule has 0 radical (unpaired) electrons. The summed E-state index contributed by atoms with van der Waals surface area (Å²) in [4.78, 5) is 6.79. The predicted octanol–water partition coefficient (Wildman–Crippen LogP) is 1.98. The summed E-state index contributed by atoms with van der Waals surface area (Å²) in [6.07, 6.45) is 6.26. The topological polar surface area (TPSA) is 33.4 Å². The van der Waals surface area contributed by atoms with Gasteiger partial charge >= 0.3 is 0 Å². The molecular weight excluding hydrogens is 224 g/mol. The molecule has 4 nitrogen and oxygen atoms in total. The number of hydrogen-bond donors (Lipinski definition) is 0. The number of nitrogens with zero attached hydrogens (tertiary/aromatic N) is 4. The molecule has 0 spiro atoms. The van der Waals surface area contributed by atoms with E-state index in [1.165, 1.54) is 12.8 Å². The van der Waals surface area contributed by atoms with Crippen molar-refractivity contribution in [2.24, 2.45) is 5.92 Å². The summed E-state index contributed by atoms with van der Waals surface area (Å²) >= 11 is 6.03. The fourth-order valence-electron chi connectivity index (χ4n) is 2.91. The van der Waals surface area contributed by atoms with Crippen LogP contribution < -0.4 is 4.90 Å². The van der Waals surface area contributed by atoms with E-state index in [1.54, 1.807) is 10.7 Å². The lowest BCUT2D eigenvalue weighted by molar-refractivity contribution is 0.381. The zero-order valence-electron chi connectivity index (χ0n) is 8.67. The summed E-state index contributed by atoms with van der Waals surface area (Å²) in [6.45, 7) is 1.15. The first kappa shape index (κ1) is 8.82. The van der Waals surface area contributed by atoms with E-state index in [-0.39, 0.29) is 0 Å². The Morgan fingerprint density at radius 3 is 3.00 bits per heavy atom. The average Bonchev–Trinajstić information content (AvgIpc) is 2.87. The van der Waals surface area contributed by atoms with Gasteiger partial charge in [0.25, 0.3) is 0 Å². The molecule has 0 N–H and O–H groups in total. The van der Waals surface area contributed by atoms with Gasteiger partial charge in [0.15, 0.2) is 10.8 Å². The minimum absolute atomic E-state index is 0.532. The molecule has 2 aromatic heterocycles. The third-order valence-electron chi connectivity index (χ3n) is 3.73. The SMILES string of the molecule is Clc1cc(N2CC3CC2C3)c2nccn2n1. The van der Waals surface area contributed by atoms with Crippen molar-refractivity contribution in [3.8, 4) is 0 Å². The van der Waals surface area contributed by atoms with Gasteiger partial charge in [-0.25, -0.2) is 9.50 Å². The number of rotatable bonds is 1. The highest BCUT2D eigenvalue weighted by atomic mass is 35.5. The molecule has 5 heteroatoms. The first-order chi connectivity index (χ1) is 7.81. The largest absolute Gasteiger partial charge is 0.365 e. The van der Waals surface area contributed by atoms with Gasteiger partial charge in [0, 0.05) is 31.0 Å². The molecule has 0 amide bonds. The second-order valence-corrected chi connectivity index (χ2v) is 5.08. The fourth-order valence-corrected chi connectivity index (χ4v) is 3.09. The lowest BCUT2D eigenvalue weighted by Gasteiger charge is -2.27. The molecule has 2 aromatic rings.